The van der Waals surface area contributed by atoms with Gasteiger partial charge in [-0.15, -0.1) is 0 Å². The van der Waals surface area contributed by atoms with Gasteiger partial charge in [-0.1, -0.05) is 0 Å². The van der Waals surface area contributed by atoms with E-state index in [1.165, 1.54) is 19.4 Å². The first-order valence-electron chi connectivity index (χ1n) is 8.20. The van der Waals surface area contributed by atoms with E-state index in [0.717, 1.165) is 25.7 Å². The number of aromatic carboxylic acids is 1. The first-order valence-corrected chi connectivity index (χ1v) is 8.20. The minimum Gasteiger partial charge on any atom is -0.477 e. The molecule has 1 aromatic heterocycles. The van der Waals surface area contributed by atoms with Gasteiger partial charge in [0.2, 0.25) is 5.91 Å². The number of amides is 1. The van der Waals surface area contributed by atoms with Crippen molar-refractivity contribution in [3.63, 3.8) is 0 Å². The Morgan fingerprint density at radius 1 is 1.42 bits per heavy atom. The number of rotatable bonds is 4. The molecule has 130 valence electrons. The van der Waals surface area contributed by atoms with E-state index in [2.05, 4.69) is 15.3 Å². The lowest BCUT2D eigenvalue weighted by Gasteiger charge is -2.40. The number of nitrogens with zero attached hydrogens (tertiary/aromatic N) is 3. The molecule has 1 spiro atoms. The third-order valence-electron chi connectivity index (χ3n) is 4.81. The van der Waals surface area contributed by atoms with Crippen LogP contribution in [-0.2, 0) is 9.53 Å². The van der Waals surface area contributed by atoms with E-state index < -0.39 is 5.97 Å². The van der Waals surface area contributed by atoms with Crippen molar-refractivity contribution < 1.29 is 19.4 Å². The maximum atomic E-state index is 11.3. The van der Waals surface area contributed by atoms with E-state index in [-0.39, 0.29) is 23.2 Å². The van der Waals surface area contributed by atoms with Crippen LogP contribution in [0, 0.1) is 0 Å². The van der Waals surface area contributed by atoms with E-state index in [4.69, 9.17) is 4.74 Å². The molecule has 3 heterocycles. The number of hydrogen-bond donors (Lipinski definition) is 2. The number of aromatic nitrogens is 2. The largest absolute Gasteiger partial charge is 0.477 e. The molecule has 2 N–H and O–H groups in total. The quantitative estimate of drug-likeness (QED) is 0.840. The number of nitrogens with one attached hydrogen (secondary N) is 1. The second kappa shape index (κ2) is 6.72. The molecule has 1 atom stereocenters. The van der Waals surface area contributed by atoms with Gasteiger partial charge in [0, 0.05) is 32.8 Å². The summed E-state index contributed by atoms with van der Waals surface area (Å²) < 4.78 is 6.21. The molecule has 2 aliphatic rings. The fourth-order valence-corrected chi connectivity index (χ4v) is 3.52. The van der Waals surface area contributed by atoms with Crippen molar-refractivity contribution in [3.05, 3.63) is 18.1 Å². The van der Waals surface area contributed by atoms with Crippen molar-refractivity contribution in [1.29, 1.82) is 0 Å². The lowest BCUT2D eigenvalue weighted by Crippen LogP contribution is -2.45. The first kappa shape index (κ1) is 16.6. The fourth-order valence-electron chi connectivity index (χ4n) is 3.52. The average Bonchev–Trinajstić information content (AvgIpc) is 2.96. The van der Waals surface area contributed by atoms with E-state index in [1.807, 2.05) is 4.90 Å². The zero-order valence-electron chi connectivity index (χ0n) is 13.7. The van der Waals surface area contributed by atoms with Crippen LogP contribution in [-0.4, -0.2) is 58.3 Å². The van der Waals surface area contributed by atoms with Gasteiger partial charge in [0.25, 0.3) is 0 Å². The number of carboxylic acid groups (broad SMARTS) is 1. The number of carbonyl (C=O) groups excluding carboxylic acids is 1. The molecule has 1 amide bonds. The Bertz CT molecular complexity index is 628. The van der Waals surface area contributed by atoms with Crippen molar-refractivity contribution in [2.45, 2.75) is 44.3 Å². The van der Waals surface area contributed by atoms with Crippen molar-refractivity contribution in [3.8, 4) is 0 Å². The van der Waals surface area contributed by atoms with Gasteiger partial charge in [0.05, 0.1) is 11.7 Å². The summed E-state index contributed by atoms with van der Waals surface area (Å²) in [7, 11) is 0. The highest BCUT2D eigenvalue weighted by Gasteiger charge is 2.42. The molecule has 0 radical (unpaired) electrons. The van der Waals surface area contributed by atoms with E-state index in [1.54, 1.807) is 0 Å². The molecule has 24 heavy (non-hydrogen) atoms. The minimum atomic E-state index is -1.02. The van der Waals surface area contributed by atoms with E-state index in [0.29, 0.717) is 25.5 Å². The number of ether oxygens (including phenoxy) is 1. The Hall–Kier alpha value is -2.22. The molecular weight excluding hydrogens is 312 g/mol. The van der Waals surface area contributed by atoms with Crippen molar-refractivity contribution in [2.75, 3.05) is 24.5 Å². The Morgan fingerprint density at radius 2 is 2.17 bits per heavy atom. The van der Waals surface area contributed by atoms with Crippen LogP contribution in [0.15, 0.2) is 12.5 Å². The van der Waals surface area contributed by atoms with Crippen LogP contribution in [0.25, 0.3) is 0 Å². The molecule has 2 fully saturated rings. The first-order chi connectivity index (χ1) is 11.5. The van der Waals surface area contributed by atoms with Crippen LogP contribution >= 0.6 is 0 Å². The maximum Gasteiger partial charge on any atom is 0.341 e. The highest BCUT2D eigenvalue weighted by Crippen LogP contribution is 2.39. The summed E-state index contributed by atoms with van der Waals surface area (Å²) in [4.78, 5) is 32.3. The van der Waals surface area contributed by atoms with Crippen LogP contribution in [0.4, 0.5) is 5.82 Å². The summed E-state index contributed by atoms with van der Waals surface area (Å²) in [5.74, 6) is -0.585. The molecule has 0 aromatic carbocycles. The molecule has 0 bridgehead atoms. The summed E-state index contributed by atoms with van der Waals surface area (Å²) in [5.41, 5.74) is -0.0277. The smallest absolute Gasteiger partial charge is 0.341 e. The lowest BCUT2D eigenvalue weighted by atomic mass is 9.88. The molecule has 2 saturated heterocycles. The van der Waals surface area contributed by atoms with Crippen LogP contribution in [0.1, 0.15) is 43.0 Å². The zero-order chi connectivity index (χ0) is 17.2. The Kier molecular flexibility index (Phi) is 4.66. The summed E-state index contributed by atoms with van der Waals surface area (Å²) in [5, 5.41) is 12.1. The van der Waals surface area contributed by atoms with Gasteiger partial charge in [-0.25, -0.2) is 14.8 Å². The second-order valence-corrected chi connectivity index (χ2v) is 6.45. The molecule has 2 aliphatic heterocycles. The zero-order valence-corrected chi connectivity index (χ0v) is 13.7. The summed E-state index contributed by atoms with van der Waals surface area (Å²) in [6.45, 7) is 3.45. The molecule has 8 nitrogen and oxygen atoms in total. The summed E-state index contributed by atoms with van der Waals surface area (Å²) in [6.07, 6.45) is 6.34. The molecule has 0 saturated carbocycles. The SMILES string of the molecule is CC(=O)NC[C@@H]1CCC2(CCN(c3ncncc3C(=O)O)CC2)O1. The van der Waals surface area contributed by atoms with Gasteiger partial charge >= 0.3 is 5.97 Å². The summed E-state index contributed by atoms with van der Waals surface area (Å²) in [6, 6.07) is 0. The minimum absolute atomic E-state index is 0.0423. The highest BCUT2D eigenvalue weighted by atomic mass is 16.5. The van der Waals surface area contributed by atoms with Crippen LogP contribution in [0.2, 0.25) is 0 Å². The standard InChI is InChI=1S/C16H22N4O4/c1-11(21)18-8-12-2-3-16(24-12)4-6-20(7-5-16)14-13(15(22)23)9-17-10-19-14/h9-10,12H,2-8H2,1H3,(H,18,21)(H,22,23)/t12-/m0/s1. The normalized spacial score (nSPS) is 22.5. The Balaban J connectivity index is 1.61. The van der Waals surface area contributed by atoms with Gasteiger partial charge in [-0.3, -0.25) is 4.79 Å². The molecule has 0 aliphatic carbocycles. The third kappa shape index (κ3) is 3.48. The summed E-state index contributed by atoms with van der Waals surface area (Å²) >= 11 is 0. The Labute approximate surface area is 140 Å². The number of anilines is 1. The van der Waals surface area contributed by atoms with Crippen molar-refractivity contribution in [2.24, 2.45) is 0 Å². The molecule has 0 unspecified atom stereocenters. The van der Waals surface area contributed by atoms with E-state index >= 15 is 0 Å². The van der Waals surface area contributed by atoms with Crippen molar-refractivity contribution >= 4 is 17.7 Å². The third-order valence-corrected chi connectivity index (χ3v) is 4.81. The number of piperidine rings is 1. The van der Waals surface area contributed by atoms with Gasteiger partial charge in [0.15, 0.2) is 0 Å². The van der Waals surface area contributed by atoms with Gasteiger partial charge in [0.1, 0.15) is 17.7 Å². The van der Waals surface area contributed by atoms with Crippen LogP contribution < -0.4 is 10.2 Å². The fraction of sp³-hybridized carbons (Fsp3) is 0.625. The number of carboxylic acids is 1. The predicted octanol–water partition coefficient (Wildman–Crippen LogP) is 0.829. The van der Waals surface area contributed by atoms with E-state index in [9.17, 15) is 14.7 Å². The topological polar surface area (TPSA) is 105 Å². The van der Waals surface area contributed by atoms with Crippen LogP contribution in [0.5, 0.6) is 0 Å². The highest BCUT2D eigenvalue weighted by molar-refractivity contribution is 5.92. The lowest BCUT2D eigenvalue weighted by molar-refractivity contribution is -0.120. The molecule has 8 heteroatoms. The average molecular weight is 334 g/mol. The van der Waals surface area contributed by atoms with Gasteiger partial charge in [-0.2, -0.15) is 0 Å². The second-order valence-electron chi connectivity index (χ2n) is 6.45. The molecular formula is C16H22N4O4. The molecule has 1 aromatic rings. The van der Waals surface area contributed by atoms with Crippen LogP contribution in [0.3, 0.4) is 0 Å². The predicted molar refractivity (Wildman–Crippen MR) is 86.0 cm³/mol. The maximum absolute atomic E-state index is 11.3. The Morgan fingerprint density at radius 3 is 2.83 bits per heavy atom. The van der Waals surface area contributed by atoms with Gasteiger partial charge < -0.3 is 20.1 Å². The monoisotopic (exact) mass is 334 g/mol. The molecule has 3 rings (SSSR count). The van der Waals surface area contributed by atoms with Crippen molar-refractivity contribution in [1.82, 2.24) is 15.3 Å². The van der Waals surface area contributed by atoms with Gasteiger partial charge in [-0.05, 0) is 25.7 Å². The number of carbonyl (C=O) groups is 2. The number of hydrogen-bond acceptors (Lipinski definition) is 6.